The van der Waals surface area contributed by atoms with Crippen molar-refractivity contribution in [2.75, 3.05) is 0 Å². The molecule has 1 aliphatic carbocycles. The molecule has 2 rings (SSSR count). The van der Waals surface area contributed by atoms with E-state index in [1.165, 1.54) is 38.5 Å². The van der Waals surface area contributed by atoms with Crippen molar-refractivity contribution in [3.8, 4) is 0 Å². The highest BCUT2D eigenvalue weighted by Gasteiger charge is 2.19. The second-order valence-electron chi connectivity index (χ2n) is 5.02. The fourth-order valence-electron chi connectivity index (χ4n) is 2.74. The number of carbonyl (C=O) groups excluding carboxylic acids is 1. The Morgan fingerprint density at radius 1 is 1.35 bits per heavy atom. The molecule has 3 heteroatoms. The van der Waals surface area contributed by atoms with Gasteiger partial charge >= 0.3 is 0 Å². The fraction of sp³-hybridized carbons (Fsp3) is 0.714. The number of aryl methyl sites for hydroxylation is 1. The summed E-state index contributed by atoms with van der Waals surface area (Å²) in [6.45, 7) is 2.87. The molecule has 0 atom stereocenters. The minimum atomic E-state index is 0.226. The molecule has 1 aliphatic rings. The van der Waals surface area contributed by atoms with Crippen LogP contribution in [0, 0.1) is 5.92 Å². The smallest absolute Gasteiger partial charge is 0.198 e. The molecule has 94 valence electrons. The van der Waals surface area contributed by atoms with Crippen molar-refractivity contribution >= 4 is 5.78 Å². The van der Waals surface area contributed by atoms with Crippen LogP contribution >= 0.6 is 0 Å². The van der Waals surface area contributed by atoms with E-state index in [0.29, 0.717) is 18.2 Å². The summed E-state index contributed by atoms with van der Waals surface area (Å²) in [5, 5.41) is 0. The predicted molar refractivity (Wildman–Crippen MR) is 68.0 cm³/mol. The van der Waals surface area contributed by atoms with Gasteiger partial charge in [-0.15, -0.1) is 0 Å². The molecule has 0 unspecified atom stereocenters. The number of Topliss-reactive ketones (excluding diaryl/α,β-unsaturated/α-hetero) is 1. The van der Waals surface area contributed by atoms with Crippen LogP contribution in [0.3, 0.4) is 0 Å². The van der Waals surface area contributed by atoms with Crippen LogP contribution in [-0.4, -0.2) is 15.3 Å². The average molecular weight is 234 g/mol. The van der Waals surface area contributed by atoms with E-state index in [0.717, 1.165) is 6.54 Å². The normalized spacial score (nSPS) is 17.9. The van der Waals surface area contributed by atoms with Crippen LogP contribution in [0.2, 0.25) is 0 Å². The maximum absolute atomic E-state index is 12.2. The summed E-state index contributed by atoms with van der Waals surface area (Å²) in [5.74, 6) is 1.47. The van der Waals surface area contributed by atoms with Gasteiger partial charge in [0.15, 0.2) is 11.6 Å². The van der Waals surface area contributed by atoms with Crippen LogP contribution in [0.5, 0.6) is 0 Å². The molecule has 3 nitrogen and oxygen atoms in total. The minimum absolute atomic E-state index is 0.226. The Hall–Kier alpha value is -1.12. The summed E-state index contributed by atoms with van der Waals surface area (Å²) >= 11 is 0. The molecule has 0 saturated heterocycles. The standard InChI is InChI=1S/C14H22N2O/c1-2-16-10-9-15-14(16)13(17)11-12-7-5-3-4-6-8-12/h9-10,12H,2-8,11H2,1H3. The highest BCUT2D eigenvalue weighted by Crippen LogP contribution is 2.26. The van der Waals surface area contributed by atoms with Crippen molar-refractivity contribution in [3.05, 3.63) is 18.2 Å². The van der Waals surface area contributed by atoms with Crippen molar-refractivity contribution in [2.45, 2.75) is 58.4 Å². The largest absolute Gasteiger partial charge is 0.329 e. The number of hydrogen-bond acceptors (Lipinski definition) is 2. The van der Waals surface area contributed by atoms with Crippen molar-refractivity contribution in [1.82, 2.24) is 9.55 Å². The quantitative estimate of drug-likeness (QED) is 0.591. The third-order valence-electron chi connectivity index (χ3n) is 3.75. The topological polar surface area (TPSA) is 34.9 Å². The molecule has 0 aromatic carbocycles. The van der Waals surface area contributed by atoms with E-state index in [9.17, 15) is 4.79 Å². The maximum atomic E-state index is 12.2. The molecule has 17 heavy (non-hydrogen) atoms. The lowest BCUT2D eigenvalue weighted by atomic mass is 9.94. The van der Waals surface area contributed by atoms with Gasteiger partial charge in [-0.3, -0.25) is 4.79 Å². The van der Waals surface area contributed by atoms with E-state index in [2.05, 4.69) is 4.98 Å². The van der Waals surface area contributed by atoms with E-state index in [4.69, 9.17) is 0 Å². The monoisotopic (exact) mass is 234 g/mol. The van der Waals surface area contributed by atoms with Gasteiger partial charge in [-0.2, -0.15) is 0 Å². The van der Waals surface area contributed by atoms with Gasteiger partial charge in [0.1, 0.15) is 0 Å². The maximum Gasteiger partial charge on any atom is 0.198 e. The van der Waals surface area contributed by atoms with Crippen molar-refractivity contribution in [2.24, 2.45) is 5.92 Å². The Morgan fingerprint density at radius 2 is 2.06 bits per heavy atom. The molecule has 0 spiro atoms. The van der Waals surface area contributed by atoms with E-state index >= 15 is 0 Å². The van der Waals surface area contributed by atoms with Crippen LogP contribution in [0.15, 0.2) is 12.4 Å². The van der Waals surface area contributed by atoms with E-state index in [-0.39, 0.29) is 5.78 Å². The second kappa shape index (κ2) is 5.99. The highest BCUT2D eigenvalue weighted by molar-refractivity contribution is 5.92. The first-order valence-electron chi connectivity index (χ1n) is 6.85. The van der Waals surface area contributed by atoms with E-state index < -0.39 is 0 Å². The first-order chi connectivity index (χ1) is 8.31. The number of rotatable bonds is 4. The number of hydrogen-bond donors (Lipinski definition) is 0. The molecule has 0 bridgehead atoms. The second-order valence-corrected chi connectivity index (χ2v) is 5.02. The van der Waals surface area contributed by atoms with Gasteiger partial charge in [0.2, 0.25) is 0 Å². The van der Waals surface area contributed by atoms with Crippen molar-refractivity contribution in [3.63, 3.8) is 0 Å². The molecule has 1 saturated carbocycles. The number of aromatic nitrogens is 2. The molecule has 1 fully saturated rings. The zero-order valence-corrected chi connectivity index (χ0v) is 10.7. The summed E-state index contributed by atoms with van der Waals surface area (Å²) in [6.07, 6.45) is 12.0. The number of carbonyl (C=O) groups is 1. The lowest BCUT2D eigenvalue weighted by molar-refractivity contribution is 0.0942. The lowest BCUT2D eigenvalue weighted by Gasteiger charge is -2.12. The Kier molecular flexibility index (Phi) is 4.35. The Morgan fingerprint density at radius 3 is 2.71 bits per heavy atom. The van der Waals surface area contributed by atoms with Gasteiger partial charge < -0.3 is 4.57 Å². The molecule has 1 aromatic heterocycles. The van der Waals surface area contributed by atoms with Gasteiger partial charge in [0, 0.05) is 25.4 Å². The van der Waals surface area contributed by atoms with Crippen molar-refractivity contribution in [1.29, 1.82) is 0 Å². The third kappa shape index (κ3) is 3.18. The first-order valence-corrected chi connectivity index (χ1v) is 6.85. The number of imidazole rings is 1. The number of ketones is 1. The van der Waals surface area contributed by atoms with E-state index in [1.54, 1.807) is 6.20 Å². The highest BCUT2D eigenvalue weighted by atomic mass is 16.1. The SMILES string of the molecule is CCn1ccnc1C(=O)CC1CCCCCC1. The van der Waals surface area contributed by atoms with Crippen LogP contribution in [0.1, 0.15) is 62.5 Å². The van der Waals surface area contributed by atoms with Gasteiger partial charge in [-0.05, 0) is 12.8 Å². The predicted octanol–water partition coefficient (Wildman–Crippen LogP) is 3.45. The zero-order chi connectivity index (χ0) is 12.1. The molecule has 1 aromatic rings. The average Bonchev–Trinajstić information content (AvgIpc) is 2.68. The summed E-state index contributed by atoms with van der Waals surface area (Å²) in [6, 6.07) is 0. The summed E-state index contributed by atoms with van der Waals surface area (Å²) in [5.41, 5.74) is 0. The summed E-state index contributed by atoms with van der Waals surface area (Å²) in [7, 11) is 0. The Bertz CT molecular complexity index is 362. The van der Waals surface area contributed by atoms with Crippen LogP contribution in [0.25, 0.3) is 0 Å². The third-order valence-corrected chi connectivity index (χ3v) is 3.75. The molecule has 0 amide bonds. The number of nitrogens with zero attached hydrogens (tertiary/aromatic N) is 2. The molecule has 0 N–H and O–H groups in total. The minimum Gasteiger partial charge on any atom is -0.329 e. The fourth-order valence-corrected chi connectivity index (χ4v) is 2.74. The van der Waals surface area contributed by atoms with E-state index in [1.807, 2.05) is 17.7 Å². The van der Waals surface area contributed by atoms with Crippen molar-refractivity contribution < 1.29 is 4.79 Å². The van der Waals surface area contributed by atoms with Gasteiger partial charge in [-0.25, -0.2) is 4.98 Å². The van der Waals surface area contributed by atoms with Gasteiger partial charge in [0.25, 0.3) is 0 Å². The molecular weight excluding hydrogens is 212 g/mol. The summed E-state index contributed by atoms with van der Waals surface area (Å²) in [4.78, 5) is 16.4. The summed E-state index contributed by atoms with van der Waals surface area (Å²) < 4.78 is 1.94. The molecule has 0 radical (unpaired) electrons. The van der Waals surface area contributed by atoms with Gasteiger partial charge in [-0.1, -0.05) is 38.5 Å². The molecule has 1 heterocycles. The molecular formula is C14H22N2O. The molecule has 0 aliphatic heterocycles. The van der Waals surface area contributed by atoms with Crippen LogP contribution < -0.4 is 0 Å². The Labute approximate surface area is 103 Å². The van der Waals surface area contributed by atoms with Gasteiger partial charge in [0.05, 0.1) is 0 Å². The Balaban J connectivity index is 1.96. The lowest BCUT2D eigenvalue weighted by Crippen LogP contribution is -2.13. The van der Waals surface area contributed by atoms with Crippen LogP contribution in [0.4, 0.5) is 0 Å². The van der Waals surface area contributed by atoms with Crippen LogP contribution in [-0.2, 0) is 6.54 Å². The first kappa shape index (κ1) is 12.3. The zero-order valence-electron chi connectivity index (χ0n) is 10.7.